The highest BCUT2D eigenvalue weighted by molar-refractivity contribution is 7.80. The number of aromatic nitrogens is 4. The molecule has 6 nitrogen and oxygen atoms in total. The quantitative estimate of drug-likeness (QED) is 0.596. The van der Waals surface area contributed by atoms with Crippen LogP contribution in [0.4, 0.5) is 11.4 Å². The highest BCUT2D eigenvalue weighted by Crippen LogP contribution is 2.25. The van der Waals surface area contributed by atoms with E-state index in [-0.39, 0.29) is 0 Å². The Morgan fingerprint density at radius 1 is 1.15 bits per heavy atom. The number of nitrogens with zero attached hydrogens (tertiary/aromatic N) is 4. The zero-order valence-electron chi connectivity index (χ0n) is 15.5. The summed E-state index contributed by atoms with van der Waals surface area (Å²) < 4.78 is 3.68. The fourth-order valence-corrected chi connectivity index (χ4v) is 3.41. The summed E-state index contributed by atoms with van der Waals surface area (Å²) in [6, 6.07) is 5.47. The number of hydrogen-bond acceptors (Lipinski definition) is 3. The second-order valence-corrected chi connectivity index (χ2v) is 7.54. The van der Waals surface area contributed by atoms with Crippen LogP contribution in [0.15, 0.2) is 24.4 Å². The van der Waals surface area contributed by atoms with Crippen LogP contribution in [0.2, 0.25) is 10.0 Å². The Balaban J connectivity index is 1.77. The lowest BCUT2D eigenvalue weighted by Crippen LogP contribution is -2.20. The molecule has 2 aromatic heterocycles. The lowest BCUT2D eigenvalue weighted by Gasteiger charge is -2.11. The number of aryl methyl sites for hydroxylation is 2. The molecule has 3 aromatic rings. The Kier molecular flexibility index (Phi) is 5.74. The van der Waals surface area contributed by atoms with E-state index in [1.165, 1.54) is 0 Å². The Hall–Kier alpha value is -2.09. The fourth-order valence-electron chi connectivity index (χ4n) is 2.73. The average molecular weight is 423 g/mol. The van der Waals surface area contributed by atoms with E-state index in [0.717, 1.165) is 34.0 Å². The SMILES string of the molecule is Cc1nn(Cc2ccc(Cl)cc2Cl)c(C)c1NC(=S)Nc1cnn(C)c1C. The summed E-state index contributed by atoms with van der Waals surface area (Å²) in [6.45, 7) is 6.45. The van der Waals surface area contributed by atoms with Crippen LogP contribution in [0.5, 0.6) is 0 Å². The molecule has 0 saturated carbocycles. The summed E-state index contributed by atoms with van der Waals surface area (Å²) in [5.74, 6) is 0. The largest absolute Gasteiger partial charge is 0.330 e. The van der Waals surface area contributed by atoms with E-state index in [9.17, 15) is 0 Å². The molecule has 0 fully saturated rings. The highest BCUT2D eigenvalue weighted by Gasteiger charge is 2.15. The van der Waals surface area contributed by atoms with Gasteiger partial charge in [0.1, 0.15) is 0 Å². The van der Waals surface area contributed by atoms with Gasteiger partial charge in [-0.1, -0.05) is 29.3 Å². The third-order valence-corrected chi connectivity index (χ3v) is 5.23. The molecule has 1 aromatic carbocycles. The van der Waals surface area contributed by atoms with Crippen molar-refractivity contribution in [3.63, 3.8) is 0 Å². The van der Waals surface area contributed by atoms with Gasteiger partial charge in [0.15, 0.2) is 5.11 Å². The normalized spacial score (nSPS) is 10.9. The zero-order valence-corrected chi connectivity index (χ0v) is 17.8. The monoisotopic (exact) mass is 422 g/mol. The molecule has 0 saturated heterocycles. The molecule has 0 radical (unpaired) electrons. The maximum absolute atomic E-state index is 6.29. The second-order valence-electron chi connectivity index (χ2n) is 6.29. The molecule has 27 heavy (non-hydrogen) atoms. The summed E-state index contributed by atoms with van der Waals surface area (Å²) in [7, 11) is 1.89. The van der Waals surface area contributed by atoms with Crippen molar-refractivity contribution in [3.8, 4) is 0 Å². The molecule has 142 valence electrons. The van der Waals surface area contributed by atoms with Crippen molar-refractivity contribution < 1.29 is 0 Å². The molecule has 3 rings (SSSR count). The van der Waals surface area contributed by atoms with Crippen LogP contribution in [0.25, 0.3) is 0 Å². The molecule has 0 unspecified atom stereocenters. The van der Waals surface area contributed by atoms with Crippen molar-refractivity contribution in [3.05, 3.63) is 57.1 Å². The van der Waals surface area contributed by atoms with Crippen LogP contribution in [-0.2, 0) is 13.6 Å². The Bertz CT molecular complexity index is 1010. The van der Waals surface area contributed by atoms with Gasteiger partial charge >= 0.3 is 0 Å². The molecule has 0 spiro atoms. The maximum atomic E-state index is 6.29. The maximum Gasteiger partial charge on any atom is 0.175 e. The number of hydrogen-bond donors (Lipinski definition) is 2. The van der Waals surface area contributed by atoms with Crippen molar-refractivity contribution in [2.75, 3.05) is 10.6 Å². The van der Waals surface area contributed by atoms with Gasteiger partial charge in [0, 0.05) is 17.1 Å². The third-order valence-electron chi connectivity index (χ3n) is 4.44. The first kappa shape index (κ1) is 19.7. The molecular weight excluding hydrogens is 403 g/mol. The number of benzene rings is 1. The fraction of sp³-hybridized carbons (Fsp3) is 0.278. The van der Waals surface area contributed by atoms with Gasteiger partial charge in [-0.2, -0.15) is 10.2 Å². The van der Waals surface area contributed by atoms with Gasteiger partial charge < -0.3 is 10.6 Å². The van der Waals surface area contributed by atoms with Crippen molar-refractivity contribution >= 4 is 51.9 Å². The topological polar surface area (TPSA) is 59.7 Å². The van der Waals surface area contributed by atoms with Gasteiger partial charge in [0.05, 0.1) is 41.2 Å². The van der Waals surface area contributed by atoms with Crippen LogP contribution in [0, 0.1) is 20.8 Å². The number of rotatable bonds is 4. The van der Waals surface area contributed by atoms with Crippen LogP contribution in [0.1, 0.15) is 22.6 Å². The van der Waals surface area contributed by atoms with Gasteiger partial charge in [-0.15, -0.1) is 0 Å². The Morgan fingerprint density at radius 3 is 2.52 bits per heavy atom. The lowest BCUT2D eigenvalue weighted by atomic mass is 10.2. The summed E-state index contributed by atoms with van der Waals surface area (Å²) in [6.07, 6.45) is 1.75. The molecular formula is C18H20Cl2N6S. The van der Waals surface area contributed by atoms with E-state index < -0.39 is 0 Å². The number of nitrogens with one attached hydrogen (secondary N) is 2. The molecule has 0 atom stereocenters. The molecule has 0 bridgehead atoms. The van der Waals surface area contributed by atoms with Crippen LogP contribution < -0.4 is 10.6 Å². The molecule has 2 heterocycles. The van der Waals surface area contributed by atoms with Crippen molar-refractivity contribution in [2.45, 2.75) is 27.3 Å². The van der Waals surface area contributed by atoms with Crippen LogP contribution in [0.3, 0.4) is 0 Å². The van der Waals surface area contributed by atoms with E-state index in [2.05, 4.69) is 20.8 Å². The minimum Gasteiger partial charge on any atom is -0.330 e. The average Bonchev–Trinajstić information content (AvgIpc) is 3.05. The van der Waals surface area contributed by atoms with E-state index >= 15 is 0 Å². The van der Waals surface area contributed by atoms with E-state index in [4.69, 9.17) is 35.4 Å². The molecule has 2 N–H and O–H groups in total. The number of thiocarbonyl (C=S) groups is 1. The van der Waals surface area contributed by atoms with E-state index in [1.807, 2.05) is 44.6 Å². The minimum absolute atomic E-state index is 0.487. The first-order valence-corrected chi connectivity index (χ1v) is 9.47. The van der Waals surface area contributed by atoms with Crippen molar-refractivity contribution in [1.82, 2.24) is 19.6 Å². The van der Waals surface area contributed by atoms with Crippen molar-refractivity contribution in [2.24, 2.45) is 7.05 Å². The smallest absolute Gasteiger partial charge is 0.175 e. The van der Waals surface area contributed by atoms with Gasteiger partial charge in [0.2, 0.25) is 0 Å². The zero-order chi connectivity index (χ0) is 19.7. The predicted octanol–water partition coefficient (Wildman–Crippen LogP) is 4.71. The molecule has 9 heteroatoms. The van der Waals surface area contributed by atoms with Crippen LogP contribution >= 0.6 is 35.4 Å². The second kappa shape index (κ2) is 7.88. The van der Waals surface area contributed by atoms with Gasteiger partial charge in [-0.25, -0.2) is 0 Å². The van der Waals surface area contributed by atoms with E-state index in [1.54, 1.807) is 16.9 Å². The summed E-state index contributed by atoms with van der Waals surface area (Å²) in [5.41, 5.74) is 5.51. The minimum atomic E-state index is 0.487. The molecule has 0 aliphatic carbocycles. The first-order valence-electron chi connectivity index (χ1n) is 8.30. The summed E-state index contributed by atoms with van der Waals surface area (Å²) in [4.78, 5) is 0. The van der Waals surface area contributed by atoms with Gasteiger partial charge in [-0.05, 0) is 50.7 Å². The first-order chi connectivity index (χ1) is 12.8. The molecule has 0 aliphatic heterocycles. The summed E-state index contributed by atoms with van der Waals surface area (Å²) in [5, 5.41) is 16.9. The number of halogens is 2. The third kappa shape index (κ3) is 4.26. The number of anilines is 2. The predicted molar refractivity (Wildman–Crippen MR) is 115 cm³/mol. The van der Waals surface area contributed by atoms with Crippen LogP contribution in [-0.4, -0.2) is 24.7 Å². The molecule has 0 amide bonds. The van der Waals surface area contributed by atoms with E-state index in [0.29, 0.717) is 21.7 Å². The van der Waals surface area contributed by atoms with Gasteiger partial charge in [-0.3, -0.25) is 9.36 Å². The standard InChI is InChI=1S/C18H20Cl2N6S/c1-10-17(23-18(27)22-16-8-21-25(4)11(16)2)12(3)26(24-10)9-13-5-6-14(19)7-15(13)20/h5-8H,9H2,1-4H3,(H2,22,23,27). The Morgan fingerprint density at radius 2 is 1.89 bits per heavy atom. The highest BCUT2D eigenvalue weighted by atomic mass is 35.5. The Labute approximate surface area is 173 Å². The summed E-state index contributed by atoms with van der Waals surface area (Å²) >= 11 is 17.7. The van der Waals surface area contributed by atoms with Gasteiger partial charge in [0.25, 0.3) is 0 Å². The molecule has 0 aliphatic rings. The van der Waals surface area contributed by atoms with Crippen molar-refractivity contribution in [1.29, 1.82) is 0 Å². The lowest BCUT2D eigenvalue weighted by molar-refractivity contribution is 0.659.